The highest BCUT2D eigenvalue weighted by molar-refractivity contribution is 14.1. The second-order valence-corrected chi connectivity index (χ2v) is 5.45. The number of hydrogen-bond acceptors (Lipinski definition) is 0. The van der Waals surface area contributed by atoms with Crippen molar-refractivity contribution < 1.29 is 0 Å². The molecule has 1 heteroatoms. The van der Waals surface area contributed by atoms with Crippen LogP contribution in [-0.2, 0) is 6.42 Å². The Bertz CT molecular complexity index is 553. The quantitative estimate of drug-likeness (QED) is 0.549. The van der Waals surface area contributed by atoms with Crippen molar-refractivity contribution in [2.24, 2.45) is 0 Å². The van der Waals surface area contributed by atoms with Crippen LogP contribution in [-0.4, -0.2) is 0 Å². The molecule has 0 bridgehead atoms. The van der Waals surface area contributed by atoms with Gasteiger partial charge < -0.3 is 0 Å². The smallest absolute Gasteiger partial charge is 0.0249 e. The molecule has 0 aromatic heterocycles. The van der Waals surface area contributed by atoms with Gasteiger partial charge in [0.1, 0.15) is 0 Å². The van der Waals surface area contributed by atoms with E-state index in [1.54, 1.807) is 0 Å². The zero-order valence-corrected chi connectivity index (χ0v) is 12.6. The van der Waals surface area contributed by atoms with E-state index < -0.39 is 0 Å². The molecule has 0 aliphatic carbocycles. The largest absolute Gasteiger partial charge is 0.0651 e. The minimum atomic E-state index is 1.06. The van der Waals surface area contributed by atoms with Gasteiger partial charge in [0.05, 0.1) is 0 Å². The van der Waals surface area contributed by atoms with E-state index in [0.717, 1.165) is 17.5 Å². The summed E-state index contributed by atoms with van der Waals surface area (Å²) in [5.41, 5.74) is 3.53. The topological polar surface area (TPSA) is 0 Å². The van der Waals surface area contributed by atoms with Crippen LogP contribution in [0, 0.1) is 15.4 Å². The van der Waals surface area contributed by atoms with Gasteiger partial charge in [-0.3, -0.25) is 0 Å². The van der Waals surface area contributed by atoms with E-state index in [1.807, 2.05) is 0 Å². The van der Waals surface area contributed by atoms with E-state index in [0.29, 0.717) is 0 Å². The Balaban J connectivity index is 2.12. The number of aryl methyl sites for hydroxylation is 1. The van der Waals surface area contributed by atoms with Crippen LogP contribution < -0.4 is 0 Å². The molecule has 0 atom stereocenters. The molecule has 0 aliphatic rings. The second-order valence-electron chi connectivity index (χ2n) is 4.20. The molecule has 0 radical (unpaired) electrons. The maximum atomic E-state index is 3.20. The molecule has 0 nitrogen and oxygen atoms in total. The summed E-state index contributed by atoms with van der Waals surface area (Å²) in [6.45, 7) is 2.20. The van der Waals surface area contributed by atoms with E-state index in [4.69, 9.17) is 0 Å². The third-order valence-electron chi connectivity index (χ3n) is 2.69. The first-order valence-corrected chi connectivity index (χ1v) is 7.22. The van der Waals surface area contributed by atoms with Gasteiger partial charge in [-0.2, -0.15) is 0 Å². The lowest BCUT2D eigenvalue weighted by Crippen LogP contribution is -1.83. The van der Waals surface area contributed by atoms with Gasteiger partial charge in [0.25, 0.3) is 0 Å². The SMILES string of the molecule is CCCc1ccc(C#Cc2ccc(I)cc2)cc1. The van der Waals surface area contributed by atoms with Crippen molar-refractivity contribution in [3.8, 4) is 11.8 Å². The number of halogens is 1. The lowest BCUT2D eigenvalue weighted by molar-refractivity contribution is 0.922. The van der Waals surface area contributed by atoms with Crippen molar-refractivity contribution in [1.82, 2.24) is 0 Å². The molecule has 0 aliphatic heterocycles. The second kappa shape index (κ2) is 6.61. The minimum absolute atomic E-state index is 1.06. The highest BCUT2D eigenvalue weighted by atomic mass is 127. The highest BCUT2D eigenvalue weighted by Crippen LogP contribution is 2.07. The summed E-state index contributed by atoms with van der Waals surface area (Å²) < 4.78 is 1.24. The van der Waals surface area contributed by atoms with Crippen molar-refractivity contribution in [3.05, 3.63) is 68.8 Å². The van der Waals surface area contributed by atoms with Gasteiger partial charge in [-0.15, -0.1) is 0 Å². The Morgan fingerprint density at radius 1 is 0.833 bits per heavy atom. The molecule has 0 saturated heterocycles. The molecule has 0 unspecified atom stereocenters. The normalized spacial score (nSPS) is 9.67. The fourth-order valence-corrected chi connectivity index (χ4v) is 2.08. The van der Waals surface area contributed by atoms with Crippen molar-refractivity contribution >= 4 is 22.6 Å². The average molecular weight is 346 g/mol. The van der Waals surface area contributed by atoms with Gasteiger partial charge >= 0.3 is 0 Å². The monoisotopic (exact) mass is 346 g/mol. The number of rotatable bonds is 2. The minimum Gasteiger partial charge on any atom is -0.0651 e. The van der Waals surface area contributed by atoms with Gasteiger partial charge in [0.2, 0.25) is 0 Å². The summed E-state index contributed by atoms with van der Waals surface area (Å²) in [5, 5.41) is 0. The Hall–Kier alpha value is -1.27. The van der Waals surface area contributed by atoms with Gasteiger partial charge in [-0.25, -0.2) is 0 Å². The zero-order valence-electron chi connectivity index (χ0n) is 10.4. The third kappa shape index (κ3) is 3.89. The number of hydrogen-bond donors (Lipinski definition) is 0. The third-order valence-corrected chi connectivity index (χ3v) is 3.41. The van der Waals surface area contributed by atoms with Gasteiger partial charge in [-0.05, 0) is 71.0 Å². The molecule has 2 aromatic rings. The Morgan fingerprint density at radius 3 is 1.83 bits per heavy atom. The van der Waals surface area contributed by atoms with Crippen LogP contribution in [0.15, 0.2) is 48.5 Å². The summed E-state index contributed by atoms with van der Waals surface area (Å²) in [7, 11) is 0. The van der Waals surface area contributed by atoms with E-state index >= 15 is 0 Å². The highest BCUT2D eigenvalue weighted by Gasteiger charge is 1.91. The lowest BCUT2D eigenvalue weighted by Gasteiger charge is -1.97. The van der Waals surface area contributed by atoms with Crippen LogP contribution in [0.2, 0.25) is 0 Å². The molecule has 0 fully saturated rings. The molecule has 90 valence electrons. The Morgan fingerprint density at radius 2 is 1.33 bits per heavy atom. The summed E-state index contributed by atoms with van der Waals surface area (Å²) in [4.78, 5) is 0. The molecule has 0 N–H and O–H groups in total. The summed E-state index contributed by atoms with van der Waals surface area (Å²) >= 11 is 2.30. The van der Waals surface area contributed by atoms with E-state index in [2.05, 4.69) is 89.9 Å². The summed E-state index contributed by atoms with van der Waals surface area (Å²) in [6.07, 6.45) is 2.33. The van der Waals surface area contributed by atoms with Crippen LogP contribution in [0.5, 0.6) is 0 Å². The number of benzene rings is 2. The predicted octanol–water partition coefficient (Wildman–Crippen LogP) is 4.64. The first-order valence-electron chi connectivity index (χ1n) is 6.14. The van der Waals surface area contributed by atoms with Crippen LogP contribution in [0.25, 0.3) is 0 Å². The molecule has 0 spiro atoms. The van der Waals surface area contributed by atoms with Crippen molar-refractivity contribution in [2.75, 3.05) is 0 Å². The van der Waals surface area contributed by atoms with Crippen LogP contribution in [0.1, 0.15) is 30.0 Å². The molecule has 2 rings (SSSR count). The van der Waals surface area contributed by atoms with Crippen LogP contribution in [0.3, 0.4) is 0 Å². The van der Waals surface area contributed by atoms with Gasteiger partial charge in [0, 0.05) is 14.7 Å². The van der Waals surface area contributed by atoms with Crippen LogP contribution >= 0.6 is 22.6 Å². The van der Waals surface area contributed by atoms with E-state index in [1.165, 1.54) is 15.6 Å². The molecule has 2 aromatic carbocycles. The molecular weight excluding hydrogens is 331 g/mol. The van der Waals surface area contributed by atoms with Gasteiger partial charge in [0.15, 0.2) is 0 Å². The first kappa shape index (κ1) is 13.2. The lowest BCUT2D eigenvalue weighted by atomic mass is 10.1. The van der Waals surface area contributed by atoms with Crippen molar-refractivity contribution in [3.63, 3.8) is 0 Å². The fraction of sp³-hybridized carbons (Fsp3) is 0.176. The van der Waals surface area contributed by atoms with Crippen LogP contribution in [0.4, 0.5) is 0 Å². The summed E-state index contributed by atoms with van der Waals surface area (Å²) in [5.74, 6) is 6.38. The summed E-state index contributed by atoms with van der Waals surface area (Å²) in [6, 6.07) is 16.8. The maximum Gasteiger partial charge on any atom is 0.0249 e. The fourth-order valence-electron chi connectivity index (χ4n) is 1.72. The molecule has 0 saturated carbocycles. The Kier molecular flexibility index (Phi) is 4.83. The standard InChI is InChI=1S/C17H15I/c1-2-3-14-4-6-15(7-5-14)8-9-16-10-12-17(18)13-11-16/h4-7,10-13H,2-3H2,1H3. The first-order chi connectivity index (χ1) is 8.78. The van der Waals surface area contributed by atoms with E-state index in [-0.39, 0.29) is 0 Å². The van der Waals surface area contributed by atoms with Crippen molar-refractivity contribution in [1.29, 1.82) is 0 Å². The molecule has 0 amide bonds. The van der Waals surface area contributed by atoms with Gasteiger partial charge in [-0.1, -0.05) is 37.3 Å². The average Bonchev–Trinajstić information content (AvgIpc) is 2.40. The van der Waals surface area contributed by atoms with E-state index in [9.17, 15) is 0 Å². The Labute approximate surface area is 123 Å². The predicted molar refractivity (Wildman–Crippen MR) is 85.6 cm³/mol. The van der Waals surface area contributed by atoms with Crippen molar-refractivity contribution in [2.45, 2.75) is 19.8 Å². The molecule has 0 heterocycles. The maximum absolute atomic E-state index is 3.20. The molecule has 18 heavy (non-hydrogen) atoms. The zero-order chi connectivity index (χ0) is 12.8. The molecular formula is C17H15I.